The lowest BCUT2D eigenvalue weighted by Gasteiger charge is -2.30. The number of rotatable bonds is 0. The number of terminal acetylenes is 1. The van der Waals surface area contributed by atoms with Gasteiger partial charge in [0, 0.05) is 6.92 Å². The Labute approximate surface area is 66.0 Å². The van der Waals surface area contributed by atoms with Gasteiger partial charge in [0.1, 0.15) is 5.60 Å². The molecule has 11 heavy (non-hydrogen) atoms. The second kappa shape index (κ2) is 3.99. The van der Waals surface area contributed by atoms with Crippen LogP contribution in [-0.4, -0.2) is 21.8 Å². The van der Waals surface area contributed by atoms with Crippen LogP contribution in [0.3, 0.4) is 0 Å². The molecule has 1 aliphatic rings. The van der Waals surface area contributed by atoms with Gasteiger partial charge in [-0.25, -0.2) is 0 Å². The Balaban J connectivity index is 0.000000218. The molecule has 0 atom stereocenters. The average Bonchev–Trinajstić information content (AvgIpc) is 1.82. The van der Waals surface area contributed by atoms with E-state index in [0.29, 0.717) is 0 Å². The summed E-state index contributed by atoms with van der Waals surface area (Å²) in [6.07, 6.45) is 7.64. The van der Waals surface area contributed by atoms with Crippen LogP contribution in [-0.2, 0) is 4.79 Å². The second-order valence-corrected chi connectivity index (χ2v) is 2.55. The zero-order valence-electron chi connectivity index (χ0n) is 6.50. The second-order valence-electron chi connectivity index (χ2n) is 2.55. The molecule has 0 aromatic carbocycles. The van der Waals surface area contributed by atoms with Crippen molar-refractivity contribution in [1.29, 1.82) is 0 Å². The molecular weight excluding hydrogens is 144 g/mol. The Kier molecular flexibility index (Phi) is 3.63. The highest BCUT2D eigenvalue weighted by atomic mass is 16.4. The van der Waals surface area contributed by atoms with Crippen molar-refractivity contribution in [3.8, 4) is 12.3 Å². The summed E-state index contributed by atoms with van der Waals surface area (Å²) in [5.41, 5.74) is -0.708. The number of aliphatic carboxylic acids is 1. The molecule has 0 aromatic rings. The van der Waals surface area contributed by atoms with E-state index in [-0.39, 0.29) is 0 Å². The van der Waals surface area contributed by atoms with Crippen molar-refractivity contribution in [3.05, 3.63) is 0 Å². The average molecular weight is 156 g/mol. The third kappa shape index (κ3) is 4.40. The molecule has 1 aliphatic carbocycles. The van der Waals surface area contributed by atoms with Gasteiger partial charge in [-0.05, 0) is 19.3 Å². The van der Waals surface area contributed by atoms with Gasteiger partial charge in [0.25, 0.3) is 5.97 Å². The van der Waals surface area contributed by atoms with Gasteiger partial charge >= 0.3 is 0 Å². The number of carboxylic acids is 1. The van der Waals surface area contributed by atoms with Gasteiger partial charge in [-0.1, -0.05) is 5.92 Å². The number of aliphatic hydroxyl groups is 1. The van der Waals surface area contributed by atoms with Crippen LogP contribution in [0.2, 0.25) is 0 Å². The van der Waals surface area contributed by atoms with Crippen molar-refractivity contribution in [2.24, 2.45) is 0 Å². The fourth-order valence-corrected chi connectivity index (χ4v) is 0.656. The molecule has 1 rings (SSSR count). The van der Waals surface area contributed by atoms with E-state index in [1.807, 2.05) is 0 Å². The topological polar surface area (TPSA) is 57.5 Å². The van der Waals surface area contributed by atoms with E-state index in [9.17, 15) is 0 Å². The molecule has 2 N–H and O–H groups in total. The first kappa shape index (κ1) is 9.99. The van der Waals surface area contributed by atoms with Gasteiger partial charge in [0.15, 0.2) is 0 Å². The summed E-state index contributed by atoms with van der Waals surface area (Å²) in [6, 6.07) is 0. The van der Waals surface area contributed by atoms with Crippen molar-refractivity contribution in [1.82, 2.24) is 0 Å². The van der Waals surface area contributed by atoms with Crippen LogP contribution in [0.15, 0.2) is 0 Å². The van der Waals surface area contributed by atoms with Gasteiger partial charge in [-0.15, -0.1) is 6.42 Å². The Morgan fingerprint density at radius 1 is 1.64 bits per heavy atom. The van der Waals surface area contributed by atoms with Crippen molar-refractivity contribution < 1.29 is 15.0 Å². The fourth-order valence-electron chi connectivity index (χ4n) is 0.656. The summed E-state index contributed by atoms with van der Waals surface area (Å²) in [5, 5.41) is 16.4. The van der Waals surface area contributed by atoms with Crippen molar-refractivity contribution in [2.75, 3.05) is 0 Å². The molecule has 0 aromatic heterocycles. The van der Waals surface area contributed by atoms with Crippen LogP contribution in [0.5, 0.6) is 0 Å². The minimum atomic E-state index is -0.833. The van der Waals surface area contributed by atoms with Crippen LogP contribution in [0.25, 0.3) is 0 Å². The van der Waals surface area contributed by atoms with Gasteiger partial charge < -0.3 is 10.2 Å². The predicted molar refractivity (Wildman–Crippen MR) is 40.9 cm³/mol. The molecule has 0 bridgehead atoms. The van der Waals surface area contributed by atoms with Crippen LogP contribution in [0.1, 0.15) is 26.2 Å². The Bertz CT molecular complexity index is 170. The predicted octanol–water partition coefficient (Wildman–Crippen LogP) is 0.625. The lowest BCUT2D eigenvalue weighted by Crippen LogP contribution is -2.34. The fraction of sp³-hybridized carbons (Fsp3) is 0.625. The first-order valence-corrected chi connectivity index (χ1v) is 3.40. The maximum Gasteiger partial charge on any atom is 0.300 e. The number of carbonyl (C=O) groups is 1. The normalized spacial score (nSPS) is 18.3. The monoisotopic (exact) mass is 156 g/mol. The molecule has 0 radical (unpaired) electrons. The molecule has 3 heteroatoms. The third-order valence-electron chi connectivity index (χ3n) is 1.45. The van der Waals surface area contributed by atoms with Gasteiger partial charge in [0.05, 0.1) is 0 Å². The van der Waals surface area contributed by atoms with Crippen molar-refractivity contribution in [3.63, 3.8) is 0 Å². The lowest BCUT2D eigenvalue weighted by atomic mass is 9.81. The molecule has 1 fully saturated rings. The van der Waals surface area contributed by atoms with E-state index in [4.69, 9.17) is 21.4 Å². The summed E-state index contributed by atoms with van der Waals surface area (Å²) in [7, 11) is 0. The lowest BCUT2D eigenvalue weighted by molar-refractivity contribution is -0.134. The molecule has 0 unspecified atom stereocenters. The Hall–Kier alpha value is -1.01. The van der Waals surface area contributed by atoms with E-state index < -0.39 is 11.6 Å². The Morgan fingerprint density at radius 3 is 2.00 bits per heavy atom. The molecule has 0 amide bonds. The molecule has 0 heterocycles. The molecule has 0 aliphatic heterocycles. The van der Waals surface area contributed by atoms with E-state index in [0.717, 1.165) is 26.2 Å². The van der Waals surface area contributed by atoms with Crippen LogP contribution < -0.4 is 0 Å². The minimum absolute atomic E-state index is 0.708. The maximum absolute atomic E-state index is 9.00. The highest BCUT2D eigenvalue weighted by Crippen LogP contribution is 2.29. The third-order valence-corrected chi connectivity index (χ3v) is 1.45. The minimum Gasteiger partial charge on any atom is -0.481 e. The smallest absolute Gasteiger partial charge is 0.300 e. The zero-order valence-corrected chi connectivity index (χ0v) is 6.50. The largest absolute Gasteiger partial charge is 0.481 e. The van der Waals surface area contributed by atoms with Gasteiger partial charge in [-0.2, -0.15) is 0 Å². The van der Waals surface area contributed by atoms with Crippen LogP contribution in [0.4, 0.5) is 0 Å². The quantitative estimate of drug-likeness (QED) is 0.505. The van der Waals surface area contributed by atoms with Crippen LogP contribution in [0, 0.1) is 12.3 Å². The summed E-state index contributed by atoms with van der Waals surface area (Å²) in [5.74, 6) is 1.50. The van der Waals surface area contributed by atoms with Crippen molar-refractivity contribution >= 4 is 5.97 Å². The SMILES string of the molecule is C#CC1(O)CCC1.CC(=O)O. The standard InChI is InChI=1S/C6H8O.C2H4O2/c1-2-6(7)4-3-5-6;1-2(3)4/h1,7H,3-5H2;1H3,(H,3,4). The summed E-state index contributed by atoms with van der Waals surface area (Å²) in [4.78, 5) is 9.00. The summed E-state index contributed by atoms with van der Waals surface area (Å²) < 4.78 is 0. The first-order valence-electron chi connectivity index (χ1n) is 3.40. The Morgan fingerprint density at radius 2 is 2.00 bits per heavy atom. The van der Waals surface area contributed by atoms with Crippen molar-refractivity contribution in [2.45, 2.75) is 31.8 Å². The maximum atomic E-state index is 9.00. The van der Waals surface area contributed by atoms with E-state index in [1.165, 1.54) is 0 Å². The van der Waals surface area contributed by atoms with E-state index >= 15 is 0 Å². The molecule has 0 spiro atoms. The number of hydrogen-bond acceptors (Lipinski definition) is 2. The van der Waals surface area contributed by atoms with E-state index in [2.05, 4.69) is 5.92 Å². The van der Waals surface area contributed by atoms with Gasteiger partial charge in [0.2, 0.25) is 0 Å². The molecular formula is C8H12O3. The van der Waals surface area contributed by atoms with E-state index in [1.54, 1.807) is 0 Å². The zero-order chi connectivity index (χ0) is 8.91. The first-order chi connectivity index (χ1) is 5.00. The van der Waals surface area contributed by atoms with Gasteiger partial charge in [-0.3, -0.25) is 4.79 Å². The molecule has 62 valence electrons. The molecule has 1 saturated carbocycles. The summed E-state index contributed by atoms with van der Waals surface area (Å²) >= 11 is 0. The number of hydrogen-bond donors (Lipinski definition) is 2. The molecule has 0 saturated heterocycles. The number of carboxylic acid groups (broad SMARTS) is 1. The summed E-state index contributed by atoms with van der Waals surface area (Å²) in [6.45, 7) is 1.08. The highest BCUT2D eigenvalue weighted by molar-refractivity contribution is 5.62. The molecule has 3 nitrogen and oxygen atoms in total. The van der Waals surface area contributed by atoms with Crippen LogP contribution >= 0.6 is 0 Å². The highest BCUT2D eigenvalue weighted by Gasteiger charge is 2.31.